The third-order valence-corrected chi connectivity index (χ3v) is 6.71. The monoisotopic (exact) mass is 394 g/mol. The highest BCUT2D eigenvalue weighted by atomic mass is 32.2. The lowest BCUT2D eigenvalue weighted by Crippen LogP contribution is -2.62. The molecule has 0 unspecified atom stereocenters. The number of sulfonamides is 1. The van der Waals surface area contributed by atoms with Gasteiger partial charge in [0, 0.05) is 44.0 Å². The lowest BCUT2D eigenvalue weighted by molar-refractivity contribution is 0.166. The minimum Gasteiger partial charge on any atom is -0.365 e. The highest BCUT2D eigenvalue weighted by Crippen LogP contribution is 2.36. The molecule has 0 radical (unpaired) electrons. The van der Waals surface area contributed by atoms with Crippen molar-refractivity contribution in [3.8, 4) is 0 Å². The molecule has 2 aliphatic rings. The summed E-state index contributed by atoms with van der Waals surface area (Å²) in [6.45, 7) is 2.14. The van der Waals surface area contributed by atoms with Crippen LogP contribution >= 0.6 is 0 Å². The van der Waals surface area contributed by atoms with E-state index in [1.807, 2.05) is 18.2 Å². The summed E-state index contributed by atoms with van der Waals surface area (Å²) in [7, 11) is -4.05. The van der Waals surface area contributed by atoms with Crippen molar-refractivity contribution >= 4 is 15.7 Å². The molecule has 1 aromatic heterocycles. The second kappa shape index (κ2) is 6.81. The lowest BCUT2D eigenvalue weighted by atomic mass is 9.96. The van der Waals surface area contributed by atoms with Crippen molar-refractivity contribution in [2.75, 3.05) is 25.0 Å². The van der Waals surface area contributed by atoms with E-state index in [4.69, 9.17) is 0 Å². The van der Waals surface area contributed by atoms with Gasteiger partial charge in [-0.15, -0.1) is 0 Å². The van der Waals surface area contributed by atoms with Crippen molar-refractivity contribution in [1.29, 1.82) is 0 Å². The highest BCUT2D eigenvalue weighted by Gasteiger charge is 2.44. The van der Waals surface area contributed by atoms with E-state index in [9.17, 15) is 17.2 Å². The number of hydrogen-bond donors (Lipinski definition) is 2. The van der Waals surface area contributed by atoms with Crippen LogP contribution in [0, 0.1) is 11.6 Å². The van der Waals surface area contributed by atoms with Crippen LogP contribution in [0.2, 0.25) is 0 Å². The molecule has 1 aromatic carbocycles. The van der Waals surface area contributed by atoms with E-state index in [0.29, 0.717) is 32.0 Å². The maximum Gasteiger partial charge on any atom is 0.247 e. The van der Waals surface area contributed by atoms with Crippen LogP contribution < -0.4 is 10.0 Å². The third kappa shape index (κ3) is 3.67. The van der Waals surface area contributed by atoms with Crippen LogP contribution in [-0.4, -0.2) is 43.6 Å². The van der Waals surface area contributed by atoms with Crippen LogP contribution in [0.4, 0.5) is 14.5 Å². The maximum absolute atomic E-state index is 14.0. The average Bonchev–Trinajstić information content (AvgIpc) is 2.60. The van der Waals surface area contributed by atoms with Gasteiger partial charge in [0.1, 0.15) is 22.2 Å². The fraction of sp³-hybridized carbons (Fsp3) is 0.389. The molecule has 1 spiro atoms. The number of aromatic nitrogens is 1. The number of pyridine rings is 1. The van der Waals surface area contributed by atoms with Crippen LogP contribution in [0.25, 0.3) is 0 Å². The molecule has 2 aromatic rings. The summed E-state index contributed by atoms with van der Waals surface area (Å²) in [5, 5.41) is 3.03. The van der Waals surface area contributed by atoms with E-state index in [0.717, 1.165) is 24.7 Å². The Labute approximate surface area is 156 Å². The molecule has 0 atom stereocenters. The molecule has 9 heteroatoms. The minimum atomic E-state index is -4.05. The van der Waals surface area contributed by atoms with Gasteiger partial charge in [-0.2, -0.15) is 4.72 Å². The zero-order valence-corrected chi connectivity index (χ0v) is 15.4. The van der Waals surface area contributed by atoms with Gasteiger partial charge in [-0.25, -0.2) is 17.2 Å². The van der Waals surface area contributed by atoms with E-state index >= 15 is 0 Å². The standard InChI is InChI=1S/C18H20F2N4O2S/c19-13-11-15(20)17-16(12-13)22-18(23-27(17,25)26)5-9-24(10-6-18)8-4-14-3-1-2-7-21-14/h1-3,7,11-12,22-23H,4-6,8-10H2. The molecule has 4 rings (SSSR count). The van der Waals surface area contributed by atoms with Crippen molar-refractivity contribution in [3.63, 3.8) is 0 Å². The SMILES string of the molecule is O=S1(=O)NC2(CCN(CCc3ccccn3)CC2)Nc2cc(F)cc(F)c21. The summed E-state index contributed by atoms with van der Waals surface area (Å²) in [6.07, 6.45) is 3.56. The Morgan fingerprint density at radius 2 is 1.96 bits per heavy atom. The molecule has 144 valence electrons. The number of hydrogen-bond acceptors (Lipinski definition) is 5. The summed E-state index contributed by atoms with van der Waals surface area (Å²) in [4.78, 5) is 6.02. The smallest absolute Gasteiger partial charge is 0.247 e. The molecule has 0 bridgehead atoms. The van der Waals surface area contributed by atoms with Crippen molar-refractivity contribution in [1.82, 2.24) is 14.6 Å². The maximum atomic E-state index is 14.0. The van der Waals surface area contributed by atoms with Gasteiger partial charge in [0.25, 0.3) is 0 Å². The molecule has 0 amide bonds. The number of rotatable bonds is 3. The number of benzene rings is 1. The second-order valence-corrected chi connectivity index (χ2v) is 8.61. The topological polar surface area (TPSA) is 74.3 Å². The first-order valence-electron chi connectivity index (χ1n) is 8.80. The molecule has 2 N–H and O–H groups in total. The summed E-state index contributed by atoms with van der Waals surface area (Å²) in [6, 6.07) is 7.41. The number of piperidine rings is 1. The Balaban J connectivity index is 1.47. The number of fused-ring (bicyclic) bond motifs is 1. The number of nitrogens with zero attached hydrogens (tertiary/aromatic N) is 2. The minimum absolute atomic E-state index is 0.0202. The molecule has 0 aliphatic carbocycles. The van der Waals surface area contributed by atoms with Crippen LogP contribution in [0.3, 0.4) is 0 Å². The molecule has 2 aliphatic heterocycles. The van der Waals surface area contributed by atoms with Gasteiger partial charge >= 0.3 is 0 Å². The number of anilines is 1. The van der Waals surface area contributed by atoms with Crippen LogP contribution in [0.5, 0.6) is 0 Å². The van der Waals surface area contributed by atoms with Gasteiger partial charge in [-0.05, 0) is 31.0 Å². The summed E-state index contributed by atoms with van der Waals surface area (Å²) in [5.74, 6) is -1.90. The number of nitrogens with one attached hydrogen (secondary N) is 2. The normalized spacial score (nSPS) is 20.8. The largest absolute Gasteiger partial charge is 0.365 e. The fourth-order valence-corrected chi connectivity index (χ4v) is 5.31. The summed E-state index contributed by atoms with van der Waals surface area (Å²) < 4.78 is 55.2. The van der Waals surface area contributed by atoms with Gasteiger partial charge < -0.3 is 10.2 Å². The van der Waals surface area contributed by atoms with Gasteiger partial charge in [0.2, 0.25) is 10.0 Å². The molecule has 3 heterocycles. The van der Waals surface area contributed by atoms with Gasteiger partial charge in [-0.1, -0.05) is 6.07 Å². The summed E-state index contributed by atoms with van der Waals surface area (Å²) in [5.41, 5.74) is 0.0652. The van der Waals surface area contributed by atoms with E-state index in [1.54, 1.807) is 6.20 Å². The Morgan fingerprint density at radius 3 is 2.67 bits per heavy atom. The zero-order valence-electron chi connectivity index (χ0n) is 14.6. The van der Waals surface area contributed by atoms with Crippen molar-refractivity contribution < 1.29 is 17.2 Å². The average molecular weight is 394 g/mol. The molecule has 0 saturated carbocycles. The Kier molecular flexibility index (Phi) is 4.61. The van der Waals surface area contributed by atoms with E-state index in [-0.39, 0.29) is 5.69 Å². The summed E-state index contributed by atoms with van der Waals surface area (Å²) >= 11 is 0. The first-order valence-corrected chi connectivity index (χ1v) is 10.3. The zero-order chi connectivity index (χ0) is 19.1. The van der Waals surface area contributed by atoms with Crippen LogP contribution in [0.15, 0.2) is 41.4 Å². The molecular formula is C18H20F2N4O2S. The molecule has 27 heavy (non-hydrogen) atoms. The Morgan fingerprint density at radius 1 is 1.19 bits per heavy atom. The first kappa shape index (κ1) is 18.3. The van der Waals surface area contributed by atoms with E-state index < -0.39 is 32.2 Å². The predicted molar refractivity (Wildman–Crippen MR) is 96.6 cm³/mol. The fourth-order valence-electron chi connectivity index (χ4n) is 3.72. The van der Waals surface area contributed by atoms with Crippen LogP contribution in [0.1, 0.15) is 18.5 Å². The van der Waals surface area contributed by atoms with Crippen molar-refractivity contribution in [3.05, 3.63) is 53.9 Å². The molecule has 6 nitrogen and oxygen atoms in total. The lowest BCUT2D eigenvalue weighted by Gasteiger charge is -2.45. The molecular weight excluding hydrogens is 374 g/mol. The number of halogens is 2. The van der Waals surface area contributed by atoms with E-state index in [1.165, 1.54) is 0 Å². The van der Waals surface area contributed by atoms with E-state index in [2.05, 4.69) is 19.9 Å². The predicted octanol–water partition coefficient (Wildman–Crippen LogP) is 2.10. The first-order chi connectivity index (χ1) is 12.9. The highest BCUT2D eigenvalue weighted by molar-refractivity contribution is 7.89. The van der Waals surface area contributed by atoms with Crippen LogP contribution in [-0.2, 0) is 16.4 Å². The van der Waals surface area contributed by atoms with Gasteiger partial charge in [0.05, 0.1) is 5.69 Å². The number of likely N-dealkylation sites (tertiary alicyclic amines) is 1. The quantitative estimate of drug-likeness (QED) is 0.834. The molecule has 1 saturated heterocycles. The van der Waals surface area contributed by atoms with Crippen molar-refractivity contribution in [2.24, 2.45) is 0 Å². The third-order valence-electron chi connectivity index (χ3n) is 5.10. The van der Waals surface area contributed by atoms with Gasteiger partial charge in [-0.3, -0.25) is 4.98 Å². The Bertz CT molecular complexity index is 945. The second-order valence-electron chi connectivity index (χ2n) is 6.99. The Hall–Kier alpha value is -2.10. The van der Waals surface area contributed by atoms with Crippen molar-refractivity contribution in [2.45, 2.75) is 29.8 Å². The van der Waals surface area contributed by atoms with Gasteiger partial charge in [0.15, 0.2) is 0 Å². The molecule has 1 fully saturated rings.